The summed E-state index contributed by atoms with van der Waals surface area (Å²) in [4.78, 5) is 13.8. The number of amides is 1. The average molecular weight is 640 g/mol. The van der Waals surface area contributed by atoms with Crippen LogP contribution in [-0.4, -0.2) is 31.5 Å². The highest BCUT2D eigenvalue weighted by Crippen LogP contribution is 2.32. The number of sulfonamides is 1. The number of nitrogens with zero attached hydrogens (tertiary/aromatic N) is 1. The van der Waals surface area contributed by atoms with Gasteiger partial charge in [0.15, 0.2) is 5.85 Å². The lowest BCUT2D eigenvalue weighted by Gasteiger charge is -2.36. The minimum absolute atomic E-state index is 0.0973. The van der Waals surface area contributed by atoms with E-state index in [4.69, 9.17) is 0 Å². The lowest BCUT2D eigenvalue weighted by Crippen LogP contribution is -2.63. The summed E-state index contributed by atoms with van der Waals surface area (Å²) in [5.74, 6) is -3.42. The Morgan fingerprint density at radius 3 is 2.07 bits per heavy atom. The van der Waals surface area contributed by atoms with E-state index in [1.54, 1.807) is 49.4 Å². The molecule has 3 N–H and O–H groups in total. The molecule has 4 rings (SSSR count). The maximum atomic E-state index is 13.8. The predicted octanol–water partition coefficient (Wildman–Crippen LogP) is 6.41. The van der Waals surface area contributed by atoms with Gasteiger partial charge in [-0.15, -0.1) is 0 Å². The van der Waals surface area contributed by atoms with Gasteiger partial charge in [-0.3, -0.25) is 10.1 Å². The van der Waals surface area contributed by atoms with Gasteiger partial charge in [-0.05, 0) is 65.9 Å². The van der Waals surface area contributed by atoms with Crippen LogP contribution in [0.2, 0.25) is 0 Å². The third kappa shape index (κ3) is 8.72. The molecule has 0 saturated heterocycles. The summed E-state index contributed by atoms with van der Waals surface area (Å²) >= 11 is 0. The molecule has 0 aliphatic heterocycles. The number of carbonyl (C=O) groups is 1. The van der Waals surface area contributed by atoms with E-state index in [1.165, 1.54) is 18.2 Å². The number of aliphatic hydroxyl groups is 1. The van der Waals surface area contributed by atoms with Crippen LogP contribution in [-0.2, 0) is 35.6 Å². The maximum Gasteiger partial charge on any atom is 0.416 e. The number of benzene rings is 4. The summed E-state index contributed by atoms with van der Waals surface area (Å²) in [7, 11) is -3.82. The number of halogens is 3. The third-order valence-electron chi connectivity index (χ3n) is 7.42. The number of nitrogens with one attached hydrogen (secondary N) is 2. The quantitative estimate of drug-likeness (QED) is 0.156. The molecule has 0 aliphatic carbocycles. The number of hydrogen-bond donors (Lipinski definition) is 3. The Hall–Kier alpha value is -4.19. The Morgan fingerprint density at radius 2 is 1.47 bits per heavy atom. The monoisotopic (exact) mass is 639 g/mol. The summed E-state index contributed by atoms with van der Waals surface area (Å²) in [6, 6.07) is 27.1. The van der Waals surface area contributed by atoms with E-state index >= 15 is 0 Å². The van der Waals surface area contributed by atoms with Gasteiger partial charge in [-0.25, -0.2) is 12.7 Å². The molecule has 7 nitrogen and oxygen atoms in total. The van der Waals surface area contributed by atoms with Crippen molar-refractivity contribution < 1.29 is 31.5 Å². The molecule has 11 heteroatoms. The SMILES string of the molecule is CCc1cc(C(=O)N[C@@](O)(NCc2cccc(C(F)(F)F)c2)[C@H](C)Cc2ccccc2)cc(N(c2ccccc2)S(C)(=O)=O)c1. The smallest absolute Gasteiger partial charge is 0.358 e. The second-order valence-corrected chi connectivity index (χ2v) is 12.8. The van der Waals surface area contributed by atoms with Crippen molar-refractivity contribution in [3.8, 4) is 0 Å². The highest BCUT2D eigenvalue weighted by atomic mass is 32.2. The lowest BCUT2D eigenvalue weighted by atomic mass is 9.95. The average Bonchev–Trinajstić information content (AvgIpc) is 3.00. The van der Waals surface area contributed by atoms with Crippen molar-refractivity contribution in [2.24, 2.45) is 5.92 Å². The number of anilines is 2. The Balaban J connectivity index is 1.69. The van der Waals surface area contributed by atoms with E-state index in [1.807, 2.05) is 37.3 Å². The van der Waals surface area contributed by atoms with Crippen LogP contribution in [0.5, 0.6) is 0 Å². The van der Waals surface area contributed by atoms with E-state index in [2.05, 4.69) is 10.6 Å². The fourth-order valence-corrected chi connectivity index (χ4v) is 6.01. The standard InChI is InChI=1S/C34H36F3N3O4S/c1-4-25-19-28(22-31(21-25)40(45(3,43)44)30-16-9-6-10-17-30)32(41)39-34(42,24(2)18-26-12-7-5-8-13-26)38-23-27-14-11-15-29(20-27)33(35,36)37/h5-17,19-22,24,38,42H,4,18,23H2,1-3H3,(H,39,41)/t24-,34+/m1/s1. The Kier molecular flexibility index (Phi) is 10.4. The molecule has 0 aromatic heterocycles. The molecule has 0 saturated carbocycles. The molecular formula is C34H36F3N3O4S. The second kappa shape index (κ2) is 13.8. The van der Waals surface area contributed by atoms with Gasteiger partial charge in [0.25, 0.3) is 5.91 Å². The molecule has 0 fully saturated rings. The molecule has 0 spiro atoms. The van der Waals surface area contributed by atoms with Gasteiger partial charge < -0.3 is 10.4 Å². The lowest BCUT2D eigenvalue weighted by molar-refractivity contribution is -0.137. The van der Waals surface area contributed by atoms with Crippen molar-refractivity contribution in [1.29, 1.82) is 0 Å². The van der Waals surface area contributed by atoms with Crippen LogP contribution in [0, 0.1) is 5.92 Å². The highest BCUT2D eigenvalue weighted by molar-refractivity contribution is 7.92. The molecule has 4 aromatic rings. The van der Waals surface area contributed by atoms with Crippen molar-refractivity contribution in [2.45, 2.75) is 45.3 Å². The fraction of sp³-hybridized carbons (Fsp3) is 0.265. The molecule has 238 valence electrons. The van der Waals surface area contributed by atoms with Crippen molar-refractivity contribution >= 4 is 27.3 Å². The van der Waals surface area contributed by atoms with Crippen LogP contribution in [0.15, 0.2) is 103 Å². The van der Waals surface area contributed by atoms with Gasteiger partial charge in [-0.1, -0.05) is 80.6 Å². The van der Waals surface area contributed by atoms with Crippen LogP contribution in [0.4, 0.5) is 24.5 Å². The van der Waals surface area contributed by atoms with Crippen LogP contribution in [0.1, 0.15) is 46.5 Å². The van der Waals surface area contributed by atoms with Gasteiger partial charge >= 0.3 is 6.18 Å². The zero-order valence-electron chi connectivity index (χ0n) is 25.2. The molecule has 45 heavy (non-hydrogen) atoms. The molecule has 0 radical (unpaired) electrons. The predicted molar refractivity (Wildman–Crippen MR) is 169 cm³/mol. The fourth-order valence-electron chi connectivity index (χ4n) is 5.02. The van der Waals surface area contributed by atoms with Gasteiger partial charge in [-0.2, -0.15) is 13.2 Å². The van der Waals surface area contributed by atoms with Gasteiger partial charge in [0, 0.05) is 18.0 Å². The molecule has 0 unspecified atom stereocenters. The van der Waals surface area contributed by atoms with Gasteiger partial charge in [0.2, 0.25) is 10.0 Å². The van der Waals surface area contributed by atoms with Crippen molar-refractivity contribution in [3.63, 3.8) is 0 Å². The summed E-state index contributed by atoms with van der Waals surface area (Å²) in [5.41, 5.74) is 1.71. The number of para-hydroxylation sites is 1. The van der Waals surface area contributed by atoms with Crippen molar-refractivity contribution in [3.05, 3.63) is 131 Å². The maximum absolute atomic E-state index is 13.8. The zero-order chi connectivity index (χ0) is 32.8. The second-order valence-electron chi connectivity index (χ2n) is 11.0. The van der Waals surface area contributed by atoms with Crippen molar-refractivity contribution in [2.75, 3.05) is 10.6 Å². The van der Waals surface area contributed by atoms with Crippen LogP contribution < -0.4 is 14.9 Å². The van der Waals surface area contributed by atoms with Gasteiger partial charge in [0.1, 0.15) is 0 Å². The summed E-state index contributed by atoms with van der Waals surface area (Å²) in [6.45, 7) is 3.39. The number of aryl methyl sites for hydroxylation is 1. The number of alkyl halides is 3. The molecule has 2 atom stereocenters. The first-order valence-corrected chi connectivity index (χ1v) is 16.2. The summed E-state index contributed by atoms with van der Waals surface area (Å²) < 4.78 is 67.0. The molecule has 0 heterocycles. The van der Waals surface area contributed by atoms with E-state index in [-0.39, 0.29) is 23.4 Å². The third-order valence-corrected chi connectivity index (χ3v) is 8.51. The Labute approximate surface area is 261 Å². The first-order chi connectivity index (χ1) is 21.2. The molecule has 4 aromatic carbocycles. The first kappa shape index (κ1) is 33.7. The molecule has 0 bridgehead atoms. The molecule has 0 aliphatic rings. The molecule has 1 amide bonds. The molecular weight excluding hydrogens is 603 g/mol. The highest BCUT2D eigenvalue weighted by Gasteiger charge is 2.36. The number of hydrogen-bond acceptors (Lipinski definition) is 5. The number of carbonyl (C=O) groups excluding carboxylic acids is 1. The largest absolute Gasteiger partial charge is 0.416 e. The van der Waals surface area contributed by atoms with Gasteiger partial charge in [0.05, 0.1) is 23.2 Å². The Morgan fingerprint density at radius 1 is 0.844 bits per heavy atom. The van der Waals surface area contributed by atoms with Crippen molar-refractivity contribution in [1.82, 2.24) is 10.6 Å². The van der Waals surface area contributed by atoms with Crippen LogP contribution in [0.3, 0.4) is 0 Å². The minimum Gasteiger partial charge on any atom is -0.358 e. The zero-order valence-corrected chi connectivity index (χ0v) is 26.0. The normalized spacial score (nSPS) is 13.9. The van der Waals surface area contributed by atoms with E-state index in [0.29, 0.717) is 24.1 Å². The van der Waals surface area contributed by atoms with Crippen LogP contribution in [0.25, 0.3) is 0 Å². The first-order valence-electron chi connectivity index (χ1n) is 14.4. The Bertz CT molecular complexity index is 1720. The topological polar surface area (TPSA) is 98.7 Å². The van der Waals surface area contributed by atoms with Crippen LogP contribution >= 0.6 is 0 Å². The van der Waals surface area contributed by atoms with E-state index < -0.39 is 39.4 Å². The minimum atomic E-state index is -4.54. The van der Waals surface area contributed by atoms with E-state index in [0.717, 1.165) is 28.3 Å². The number of rotatable bonds is 12. The summed E-state index contributed by atoms with van der Waals surface area (Å²) in [5, 5.41) is 17.4. The van der Waals surface area contributed by atoms with E-state index in [9.17, 15) is 31.5 Å². The summed E-state index contributed by atoms with van der Waals surface area (Å²) in [6.07, 6.45) is -2.66.